The van der Waals surface area contributed by atoms with Crippen molar-refractivity contribution in [3.05, 3.63) is 36.9 Å². The molecule has 0 N–H and O–H groups in total. The van der Waals surface area contributed by atoms with E-state index in [1.54, 1.807) is 22.6 Å². The van der Waals surface area contributed by atoms with Crippen LogP contribution in [0.2, 0.25) is 0 Å². The molecule has 0 bridgehead atoms. The number of carbonyl (C=O) groups is 2. The fourth-order valence-electron chi connectivity index (χ4n) is 1.02. The highest BCUT2D eigenvalue weighted by molar-refractivity contribution is 14.1. The molecule has 15 heavy (non-hydrogen) atoms. The molecule has 0 saturated heterocycles. The van der Waals surface area contributed by atoms with E-state index in [-0.39, 0.29) is 20.4 Å². The van der Waals surface area contributed by atoms with Crippen LogP contribution in [0.1, 0.15) is 20.7 Å². The summed E-state index contributed by atoms with van der Waals surface area (Å²) < 4.78 is 0.281. The Bertz CT molecular complexity index is 460. The second kappa shape index (κ2) is 4.67. The monoisotopic (exact) mass is 339 g/mol. The second-order valence-electron chi connectivity index (χ2n) is 2.54. The summed E-state index contributed by atoms with van der Waals surface area (Å²) in [7, 11) is 0. The van der Waals surface area contributed by atoms with E-state index < -0.39 is 10.2 Å². The van der Waals surface area contributed by atoms with Crippen molar-refractivity contribution in [2.24, 2.45) is 0 Å². The molecule has 0 aliphatic rings. The lowest BCUT2D eigenvalue weighted by atomic mass is 10.1. The fraction of sp³-hybridized carbons (Fsp3) is 0. The van der Waals surface area contributed by atoms with Crippen molar-refractivity contribution in [3.8, 4) is 0 Å². The average Bonchev–Trinajstić information content (AvgIpc) is 2.15. The summed E-state index contributed by atoms with van der Waals surface area (Å²) in [4.78, 5) is 31.4. The molecule has 0 heterocycles. The van der Waals surface area contributed by atoms with Crippen LogP contribution < -0.4 is 0 Å². The summed E-state index contributed by atoms with van der Waals surface area (Å²) in [6, 6.07) is 2.20. The molecule has 0 atom stereocenters. The zero-order valence-electron chi connectivity index (χ0n) is 7.07. The predicted octanol–water partition coefficient (Wildman–Crippen LogP) is 2.39. The van der Waals surface area contributed by atoms with E-state index in [1.165, 1.54) is 6.07 Å². The van der Waals surface area contributed by atoms with Gasteiger partial charge in [0.1, 0.15) is 0 Å². The first-order valence-electron chi connectivity index (χ1n) is 3.60. The third-order valence-electron chi connectivity index (χ3n) is 1.64. The van der Waals surface area contributed by atoms with Crippen LogP contribution in [-0.4, -0.2) is 16.5 Å². The highest BCUT2D eigenvalue weighted by Gasteiger charge is 2.18. The second-order valence-corrected chi connectivity index (χ2v) is 4.05. The summed E-state index contributed by atoms with van der Waals surface area (Å²) in [5.41, 5.74) is -0.324. The maximum absolute atomic E-state index is 11.0. The van der Waals surface area contributed by atoms with Crippen molar-refractivity contribution in [3.63, 3.8) is 0 Å². The molecule has 0 amide bonds. The topological polar surface area (TPSA) is 77.3 Å². The highest BCUT2D eigenvalue weighted by Crippen LogP contribution is 2.24. The van der Waals surface area contributed by atoms with Crippen LogP contribution in [0, 0.1) is 13.7 Å². The number of non-ortho nitro benzene ring substituents is 1. The predicted molar refractivity (Wildman–Crippen MR) is 61.4 cm³/mol. The lowest BCUT2D eigenvalue weighted by molar-refractivity contribution is -0.385. The molecule has 0 aliphatic carbocycles. The van der Waals surface area contributed by atoms with E-state index in [0.717, 1.165) is 6.07 Å². The molecule has 0 saturated carbocycles. The summed E-state index contributed by atoms with van der Waals surface area (Å²) in [6.07, 6.45) is 0.366. The molecule has 0 aliphatic heterocycles. The molecule has 1 rings (SSSR count). The van der Waals surface area contributed by atoms with Crippen molar-refractivity contribution in [2.45, 2.75) is 0 Å². The first-order valence-corrected chi connectivity index (χ1v) is 5.06. The summed E-state index contributed by atoms with van der Waals surface area (Å²) >= 11 is 6.97. The minimum Gasteiger partial charge on any atom is -0.298 e. The van der Waals surface area contributed by atoms with Crippen LogP contribution in [0.15, 0.2) is 12.1 Å². The Balaban J connectivity index is 3.50. The maximum Gasteiger partial charge on any atom is 0.271 e. The van der Waals surface area contributed by atoms with Gasteiger partial charge >= 0.3 is 0 Å². The average molecular weight is 339 g/mol. The van der Waals surface area contributed by atoms with Crippen molar-refractivity contribution < 1.29 is 14.5 Å². The van der Waals surface area contributed by atoms with Gasteiger partial charge in [-0.25, -0.2) is 0 Å². The van der Waals surface area contributed by atoms with Gasteiger partial charge in [-0.05, 0) is 34.2 Å². The number of carbonyl (C=O) groups excluding carboxylic acids is 2. The maximum atomic E-state index is 11.0. The fourth-order valence-corrected chi connectivity index (χ4v) is 2.26. The van der Waals surface area contributed by atoms with Gasteiger partial charge in [-0.1, -0.05) is 0 Å². The molecular weight excluding hydrogens is 336 g/mol. The molecule has 0 aromatic heterocycles. The van der Waals surface area contributed by atoms with Crippen LogP contribution in [0.3, 0.4) is 0 Å². The zero-order chi connectivity index (χ0) is 11.6. The normalized spacial score (nSPS) is 9.73. The van der Waals surface area contributed by atoms with E-state index in [1.807, 2.05) is 0 Å². The molecule has 78 valence electrons. The Morgan fingerprint density at radius 3 is 2.53 bits per heavy atom. The summed E-state index contributed by atoms with van der Waals surface area (Å²) in [5, 5.41) is 9.66. The SMILES string of the molecule is O=Cc1cc([N+](=O)[O-])cc(I)c1C(=O)Cl. The van der Waals surface area contributed by atoms with E-state index >= 15 is 0 Å². The Morgan fingerprint density at radius 1 is 1.53 bits per heavy atom. The summed E-state index contributed by atoms with van der Waals surface area (Å²) in [6.45, 7) is 0. The largest absolute Gasteiger partial charge is 0.298 e. The first-order chi connectivity index (χ1) is 6.97. The number of nitrogens with zero attached hydrogens (tertiary/aromatic N) is 1. The Labute approximate surface area is 103 Å². The van der Waals surface area contributed by atoms with E-state index in [4.69, 9.17) is 11.6 Å². The molecule has 0 fully saturated rings. The minimum absolute atomic E-state index is 0.00198. The number of halogens is 2. The van der Waals surface area contributed by atoms with Gasteiger partial charge in [0, 0.05) is 21.3 Å². The number of hydrogen-bond acceptors (Lipinski definition) is 4. The molecule has 0 radical (unpaired) electrons. The number of rotatable bonds is 3. The highest BCUT2D eigenvalue weighted by atomic mass is 127. The van der Waals surface area contributed by atoms with Gasteiger partial charge in [0.15, 0.2) is 6.29 Å². The van der Waals surface area contributed by atoms with Crippen LogP contribution in [0.4, 0.5) is 5.69 Å². The minimum atomic E-state index is -0.809. The molecule has 0 unspecified atom stereocenters. The molecule has 1 aromatic carbocycles. The van der Waals surface area contributed by atoms with Gasteiger partial charge < -0.3 is 0 Å². The van der Waals surface area contributed by atoms with Crippen molar-refractivity contribution in [1.82, 2.24) is 0 Å². The van der Waals surface area contributed by atoms with Crippen molar-refractivity contribution in [2.75, 3.05) is 0 Å². The zero-order valence-corrected chi connectivity index (χ0v) is 9.98. The Kier molecular flexibility index (Phi) is 3.75. The van der Waals surface area contributed by atoms with E-state index in [9.17, 15) is 19.7 Å². The third kappa shape index (κ3) is 2.51. The van der Waals surface area contributed by atoms with E-state index in [2.05, 4.69) is 0 Å². The van der Waals surface area contributed by atoms with E-state index in [0.29, 0.717) is 6.29 Å². The van der Waals surface area contributed by atoms with Crippen LogP contribution in [0.5, 0.6) is 0 Å². The molecule has 7 heteroatoms. The Morgan fingerprint density at radius 2 is 2.13 bits per heavy atom. The van der Waals surface area contributed by atoms with Crippen molar-refractivity contribution >= 4 is 51.4 Å². The van der Waals surface area contributed by atoms with Crippen LogP contribution in [0.25, 0.3) is 0 Å². The summed E-state index contributed by atoms with van der Waals surface area (Å²) in [5.74, 6) is 0. The van der Waals surface area contributed by atoms with Gasteiger partial charge in [-0.15, -0.1) is 0 Å². The first kappa shape index (κ1) is 12.1. The van der Waals surface area contributed by atoms with Crippen molar-refractivity contribution in [1.29, 1.82) is 0 Å². The standard InChI is InChI=1S/C8H3ClINO4/c9-8(13)7-4(3-12)1-5(11(14)15)2-6(7)10/h1-3H. The third-order valence-corrected chi connectivity index (χ3v) is 2.68. The molecule has 0 spiro atoms. The molecule has 1 aromatic rings. The molecule has 5 nitrogen and oxygen atoms in total. The van der Waals surface area contributed by atoms with Gasteiger partial charge in [-0.3, -0.25) is 19.7 Å². The number of nitro groups is 1. The Hall–Kier alpha value is -1.02. The smallest absolute Gasteiger partial charge is 0.271 e. The van der Waals surface area contributed by atoms with Crippen LogP contribution in [-0.2, 0) is 0 Å². The van der Waals surface area contributed by atoms with Gasteiger partial charge in [-0.2, -0.15) is 0 Å². The lowest BCUT2D eigenvalue weighted by Gasteiger charge is -2.02. The number of nitro benzene ring substituents is 1. The number of aldehydes is 1. The van der Waals surface area contributed by atoms with Crippen LogP contribution >= 0.6 is 34.2 Å². The van der Waals surface area contributed by atoms with Gasteiger partial charge in [0.05, 0.1) is 10.5 Å². The molecular formula is C8H3ClINO4. The van der Waals surface area contributed by atoms with Gasteiger partial charge in [0.25, 0.3) is 10.9 Å². The number of hydrogen-bond donors (Lipinski definition) is 0. The lowest BCUT2D eigenvalue weighted by Crippen LogP contribution is -2.02. The number of benzene rings is 1. The quantitative estimate of drug-likeness (QED) is 0.278. The van der Waals surface area contributed by atoms with Gasteiger partial charge in [0.2, 0.25) is 0 Å².